The fraction of sp³-hybridized carbons (Fsp3) is 0.0526. The minimum atomic E-state index is -0.686. The minimum Gasteiger partial charge on any atom is -0.288 e. The van der Waals surface area contributed by atoms with Crippen molar-refractivity contribution < 1.29 is 9.59 Å². The highest BCUT2D eigenvalue weighted by molar-refractivity contribution is 6.47. The molecule has 0 fully saturated rings. The highest BCUT2D eigenvalue weighted by Gasteiger charge is 2.23. The van der Waals surface area contributed by atoms with Crippen LogP contribution in [-0.2, 0) is 9.59 Å². The molecule has 0 saturated heterocycles. The monoisotopic (exact) mass is 328 g/mol. The normalized spacial score (nSPS) is 25.9. The number of aliphatic imine (C=N–C) groups is 4. The molecule has 0 bridgehead atoms. The van der Waals surface area contributed by atoms with Crippen molar-refractivity contribution in [3.05, 3.63) is 71.8 Å². The highest BCUT2D eigenvalue weighted by Crippen LogP contribution is 2.17. The third kappa shape index (κ3) is 3.37. The molecule has 0 atom stereocenters. The SMILES string of the molecule is O=C1CC(C=C2C=CC(C=C3C=CC(C=C4C=CC=N4)=N3)=N2)=NC1=O. The van der Waals surface area contributed by atoms with Gasteiger partial charge in [0.2, 0.25) is 5.78 Å². The number of nitrogens with zero attached hydrogens (tertiary/aromatic N) is 4. The van der Waals surface area contributed by atoms with E-state index in [1.54, 1.807) is 12.3 Å². The molecule has 6 heteroatoms. The summed E-state index contributed by atoms with van der Waals surface area (Å²) in [5, 5.41) is 0. The van der Waals surface area contributed by atoms with Gasteiger partial charge in [-0.1, -0.05) is 0 Å². The molecule has 4 rings (SSSR count). The van der Waals surface area contributed by atoms with Gasteiger partial charge in [0.1, 0.15) is 0 Å². The lowest BCUT2D eigenvalue weighted by Crippen LogP contribution is -2.03. The average Bonchev–Trinajstić information content (AvgIpc) is 3.34. The maximum absolute atomic E-state index is 11.2. The number of allylic oxidation sites excluding steroid dienone is 9. The van der Waals surface area contributed by atoms with Crippen molar-refractivity contribution in [1.29, 1.82) is 0 Å². The molecule has 4 aliphatic rings. The number of carbonyl (C=O) groups is 2. The molecule has 0 spiro atoms. The summed E-state index contributed by atoms with van der Waals surface area (Å²) in [5.74, 6) is -1.16. The number of hydrogen-bond acceptors (Lipinski definition) is 5. The molecule has 6 nitrogen and oxygen atoms in total. The molecule has 0 aliphatic carbocycles. The number of rotatable bonds is 3. The van der Waals surface area contributed by atoms with Crippen LogP contribution >= 0.6 is 0 Å². The summed E-state index contributed by atoms with van der Waals surface area (Å²) in [4.78, 5) is 39.2. The van der Waals surface area contributed by atoms with E-state index in [-0.39, 0.29) is 6.42 Å². The van der Waals surface area contributed by atoms with Gasteiger partial charge in [0.15, 0.2) is 0 Å². The molecule has 4 heterocycles. The first-order valence-corrected chi connectivity index (χ1v) is 7.70. The third-order valence-electron chi connectivity index (χ3n) is 3.67. The van der Waals surface area contributed by atoms with Gasteiger partial charge in [-0.25, -0.2) is 15.0 Å². The van der Waals surface area contributed by atoms with Crippen molar-refractivity contribution in [2.75, 3.05) is 0 Å². The van der Waals surface area contributed by atoms with Crippen molar-refractivity contribution in [2.45, 2.75) is 6.42 Å². The van der Waals surface area contributed by atoms with Crippen molar-refractivity contribution in [2.24, 2.45) is 20.0 Å². The van der Waals surface area contributed by atoms with E-state index in [9.17, 15) is 9.59 Å². The second-order valence-corrected chi connectivity index (χ2v) is 5.59. The zero-order chi connectivity index (χ0) is 17.2. The predicted octanol–water partition coefficient (Wildman–Crippen LogP) is 2.24. The largest absolute Gasteiger partial charge is 0.313 e. The minimum absolute atomic E-state index is 0.0457. The molecule has 0 saturated carbocycles. The fourth-order valence-corrected chi connectivity index (χ4v) is 2.54. The third-order valence-corrected chi connectivity index (χ3v) is 3.67. The van der Waals surface area contributed by atoms with Crippen LogP contribution < -0.4 is 0 Å². The van der Waals surface area contributed by atoms with E-state index in [0.717, 1.165) is 22.8 Å². The standard InChI is InChI=1S/C19H12N4O2/c24-18-11-17(23-19(18)25)10-16-6-5-15(22-16)9-14-4-3-13(21-14)8-12-2-1-7-20-12/h1-10H,11H2. The first-order valence-electron chi connectivity index (χ1n) is 7.70. The van der Waals surface area contributed by atoms with Crippen LogP contribution in [0.5, 0.6) is 0 Å². The Morgan fingerprint density at radius 3 is 2.04 bits per heavy atom. The summed E-state index contributed by atoms with van der Waals surface area (Å²) in [5.41, 5.74) is 4.36. The Hall–Kier alpha value is -3.54. The molecule has 0 aromatic rings. The number of hydrogen-bond donors (Lipinski definition) is 0. The highest BCUT2D eigenvalue weighted by atomic mass is 16.2. The Bertz CT molecular complexity index is 978. The van der Waals surface area contributed by atoms with Crippen molar-refractivity contribution >= 4 is 35.0 Å². The Kier molecular flexibility index (Phi) is 3.70. The van der Waals surface area contributed by atoms with Crippen LogP contribution in [0.1, 0.15) is 6.42 Å². The van der Waals surface area contributed by atoms with Gasteiger partial charge in [-0.2, -0.15) is 0 Å². The topological polar surface area (TPSA) is 83.6 Å². The Morgan fingerprint density at radius 1 is 0.760 bits per heavy atom. The molecule has 0 unspecified atom stereocenters. The van der Waals surface area contributed by atoms with Crippen LogP contribution in [0.3, 0.4) is 0 Å². The van der Waals surface area contributed by atoms with Gasteiger partial charge in [0.05, 0.1) is 40.6 Å². The molecular formula is C19H12N4O2. The first-order chi connectivity index (χ1) is 12.2. The van der Waals surface area contributed by atoms with E-state index in [1.165, 1.54) is 0 Å². The molecule has 4 aliphatic heterocycles. The smallest absolute Gasteiger partial charge is 0.288 e. The van der Waals surface area contributed by atoms with Gasteiger partial charge in [-0.15, -0.1) is 0 Å². The quantitative estimate of drug-likeness (QED) is 0.744. The van der Waals surface area contributed by atoms with Gasteiger partial charge < -0.3 is 0 Å². The zero-order valence-electron chi connectivity index (χ0n) is 13.1. The lowest BCUT2D eigenvalue weighted by Gasteiger charge is -1.92. The molecule has 0 N–H and O–H groups in total. The molecule has 1 amide bonds. The van der Waals surface area contributed by atoms with E-state index >= 15 is 0 Å². The van der Waals surface area contributed by atoms with E-state index < -0.39 is 11.7 Å². The van der Waals surface area contributed by atoms with Crippen molar-refractivity contribution in [3.8, 4) is 0 Å². The van der Waals surface area contributed by atoms with Crippen LogP contribution in [0, 0.1) is 0 Å². The molecule has 0 radical (unpaired) electrons. The van der Waals surface area contributed by atoms with E-state index in [2.05, 4.69) is 20.0 Å². The number of Topliss-reactive ketones (excluding diaryl/α,β-unsaturated/α-hetero) is 1. The summed E-state index contributed by atoms with van der Waals surface area (Å²) >= 11 is 0. The Labute approximate surface area is 143 Å². The second kappa shape index (κ2) is 6.16. The van der Waals surface area contributed by atoms with Gasteiger partial charge in [0, 0.05) is 6.21 Å². The number of carbonyl (C=O) groups excluding carboxylic acids is 2. The number of ketones is 1. The maximum Gasteiger partial charge on any atom is 0.313 e. The summed E-state index contributed by atoms with van der Waals surface area (Å²) in [7, 11) is 0. The van der Waals surface area contributed by atoms with Gasteiger partial charge in [0.25, 0.3) is 0 Å². The molecule has 0 aromatic carbocycles. The average molecular weight is 328 g/mol. The second-order valence-electron chi connectivity index (χ2n) is 5.59. The van der Waals surface area contributed by atoms with Gasteiger partial charge in [-0.05, 0) is 54.7 Å². The van der Waals surface area contributed by atoms with E-state index in [0.29, 0.717) is 11.4 Å². The van der Waals surface area contributed by atoms with E-state index in [1.807, 2.05) is 48.6 Å². The van der Waals surface area contributed by atoms with Crippen LogP contribution in [0.2, 0.25) is 0 Å². The fourth-order valence-electron chi connectivity index (χ4n) is 2.54. The summed E-state index contributed by atoms with van der Waals surface area (Å²) < 4.78 is 0. The van der Waals surface area contributed by atoms with E-state index in [4.69, 9.17) is 0 Å². The molecule has 25 heavy (non-hydrogen) atoms. The lowest BCUT2D eigenvalue weighted by atomic mass is 10.2. The first kappa shape index (κ1) is 15.0. The summed E-state index contributed by atoms with van der Waals surface area (Å²) in [6, 6.07) is 0. The summed E-state index contributed by atoms with van der Waals surface area (Å²) in [6.07, 6.45) is 18.5. The number of amides is 1. The van der Waals surface area contributed by atoms with Crippen molar-refractivity contribution in [3.63, 3.8) is 0 Å². The van der Waals surface area contributed by atoms with Crippen molar-refractivity contribution in [1.82, 2.24) is 0 Å². The van der Waals surface area contributed by atoms with Gasteiger partial charge >= 0.3 is 5.91 Å². The molecule has 120 valence electrons. The van der Waals surface area contributed by atoms with Crippen LogP contribution in [0.4, 0.5) is 0 Å². The van der Waals surface area contributed by atoms with Crippen LogP contribution in [0.15, 0.2) is 91.7 Å². The summed E-state index contributed by atoms with van der Waals surface area (Å²) in [6.45, 7) is 0. The Morgan fingerprint density at radius 2 is 1.44 bits per heavy atom. The Balaban J connectivity index is 1.49. The zero-order valence-corrected chi connectivity index (χ0v) is 13.1. The maximum atomic E-state index is 11.2. The van der Waals surface area contributed by atoms with Gasteiger partial charge in [-0.3, -0.25) is 14.6 Å². The van der Waals surface area contributed by atoms with Crippen LogP contribution in [0.25, 0.3) is 0 Å². The van der Waals surface area contributed by atoms with Crippen LogP contribution in [-0.4, -0.2) is 35.0 Å². The lowest BCUT2D eigenvalue weighted by molar-refractivity contribution is -0.134. The molecular weight excluding hydrogens is 316 g/mol. The predicted molar refractivity (Wildman–Crippen MR) is 97.1 cm³/mol. The molecule has 0 aromatic heterocycles.